The molecule has 1 N–H and O–H groups in total. The smallest absolute Gasteiger partial charge is 0.293 e. The van der Waals surface area contributed by atoms with Crippen LogP contribution in [0.3, 0.4) is 0 Å². The minimum Gasteiger partial charge on any atom is -0.330 e. The highest BCUT2D eigenvalue weighted by molar-refractivity contribution is 6.32. The molecule has 0 bridgehead atoms. The van der Waals surface area contributed by atoms with E-state index in [1.165, 1.54) is 0 Å². The van der Waals surface area contributed by atoms with E-state index in [-0.39, 0.29) is 23.8 Å². The average Bonchev–Trinajstić information content (AvgIpc) is 3.36. The van der Waals surface area contributed by atoms with E-state index in [0.29, 0.717) is 17.5 Å². The third kappa shape index (κ3) is 3.04. The van der Waals surface area contributed by atoms with Crippen LogP contribution >= 0.6 is 11.6 Å². The number of carbonyl (C=O) groups is 1. The molecule has 2 heterocycles. The summed E-state index contributed by atoms with van der Waals surface area (Å²) in [6.07, 6.45) is 2.16. The van der Waals surface area contributed by atoms with E-state index in [4.69, 9.17) is 11.6 Å². The fourth-order valence-corrected chi connectivity index (χ4v) is 3.51. The number of aromatic nitrogens is 3. The lowest BCUT2D eigenvalue weighted by Crippen LogP contribution is -2.57. The molecule has 1 amide bonds. The van der Waals surface area contributed by atoms with Crippen molar-refractivity contribution in [3.63, 3.8) is 0 Å². The maximum Gasteiger partial charge on any atom is 0.293 e. The second-order valence-electron chi connectivity index (χ2n) is 6.91. The number of piperazine rings is 1. The lowest BCUT2D eigenvalue weighted by molar-refractivity contribution is 0.0590. The van der Waals surface area contributed by atoms with Crippen molar-refractivity contribution >= 4 is 17.5 Å². The second-order valence-corrected chi connectivity index (χ2v) is 7.32. The number of carbonyl (C=O) groups excluding carboxylic acids is 1. The molecule has 1 aromatic carbocycles. The van der Waals surface area contributed by atoms with Gasteiger partial charge in [-0.25, -0.2) is 9.67 Å². The van der Waals surface area contributed by atoms with Crippen molar-refractivity contribution in [3.05, 3.63) is 40.9 Å². The normalized spacial score (nSPS) is 23.7. The fraction of sp³-hybridized carbons (Fsp3) is 0.500. The first-order valence-electron chi connectivity index (χ1n) is 8.82. The summed E-state index contributed by atoms with van der Waals surface area (Å²) in [7, 11) is 0. The molecule has 1 aliphatic carbocycles. The summed E-state index contributed by atoms with van der Waals surface area (Å²) in [5, 5.41) is 8.54. The average molecular weight is 360 g/mol. The van der Waals surface area contributed by atoms with Crippen LogP contribution in [-0.4, -0.2) is 50.7 Å². The molecule has 25 heavy (non-hydrogen) atoms. The quantitative estimate of drug-likeness (QED) is 0.915. The molecule has 1 aromatic heterocycles. The number of para-hydroxylation sites is 1. The number of hydrogen-bond donors (Lipinski definition) is 1. The van der Waals surface area contributed by atoms with Crippen molar-refractivity contribution < 1.29 is 4.79 Å². The van der Waals surface area contributed by atoms with Crippen LogP contribution in [0.15, 0.2) is 24.3 Å². The number of amides is 1. The molecule has 6 nitrogen and oxygen atoms in total. The summed E-state index contributed by atoms with van der Waals surface area (Å²) >= 11 is 6.34. The first kappa shape index (κ1) is 16.5. The third-order valence-electron chi connectivity index (χ3n) is 5.14. The van der Waals surface area contributed by atoms with Gasteiger partial charge in [-0.1, -0.05) is 23.7 Å². The first-order chi connectivity index (χ1) is 12.1. The van der Waals surface area contributed by atoms with Crippen LogP contribution in [-0.2, 0) is 0 Å². The molecular formula is C18H22ClN5O. The van der Waals surface area contributed by atoms with Crippen LogP contribution in [0.5, 0.6) is 0 Å². The summed E-state index contributed by atoms with van der Waals surface area (Å²) in [6, 6.07) is 7.91. The van der Waals surface area contributed by atoms with Crippen molar-refractivity contribution in [2.24, 2.45) is 0 Å². The third-order valence-corrected chi connectivity index (χ3v) is 5.46. The highest BCUT2D eigenvalue weighted by atomic mass is 35.5. The SMILES string of the molecule is CC1NCCN(C(=O)c2nc(C3CC3)n(-c3ccccc3Cl)n2)C1C. The van der Waals surface area contributed by atoms with Crippen molar-refractivity contribution in [3.8, 4) is 5.69 Å². The Morgan fingerprint density at radius 1 is 1.28 bits per heavy atom. The van der Waals surface area contributed by atoms with Gasteiger partial charge in [0.25, 0.3) is 5.91 Å². The molecule has 2 atom stereocenters. The topological polar surface area (TPSA) is 63.1 Å². The lowest BCUT2D eigenvalue weighted by atomic mass is 10.1. The number of rotatable bonds is 3. The van der Waals surface area contributed by atoms with Gasteiger partial charge in [0.1, 0.15) is 5.82 Å². The highest BCUT2D eigenvalue weighted by Gasteiger charge is 2.35. The van der Waals surface area contributed by atoms with E-state index >= 15 is 0 Å². The van der Waals surface area contributed by atoms with Crippen LogP contribution < -0.4 is 5.32 Å². The largest absolute Gasteiger partial charge is 0.330 e. The zero-order chi connectivity index (χ0) is 17.6. The predicted octanol–water partition coefficient (Wildman–Crippen LogP) is 2.62. The molecule has 1 aliphatic heterocycles. The summed E-state index contributed by atoms with van der Waals surface area (Å²) in [6.45, 7) is 5.61. The summed E-state index contributed by atoms with van der Waals surface area (Å²) in [5.74, 6) is 1.37. The van der Waals surface area contributed by atoms with E-state index in [1.807, 2.05) is 29.2 Å². The Morgan fingerprint density at radius 2 is 2.04 bits per heavy atom. The molecule has 132 valence electrons. The number of hydrogen-bond acceptors (Lipinski definition) is 4. The van der Waals surface area contributed by atoms with E-state index in [0.717, 1.165) is 30.9 Å². The zero-order valence-electron chi connectivity index (χ0n) is 14.4. The monoisotopic (exact) mass is 359 g/mol. The van der Waals surface area contributed by atoms with Gasteiger partial charge in [0.05, 0.1) is 10.7 Å². The number of benzene rings is 1. The van der Waals surface area contributed by atoms with Crippen molar-refractivity contribution in [1.82, 2.24) is 25.0 Å². The van der Waals surface area contributed by atoms with Gasteiger partial charge in [-0.3, -0.25) is 4.79 Å². The van der Waals surface area contributed by atoms with Gasteiger partial charge in [0.2, 0.25) is 5.82 Å². The molecule has 0 radical (unpaired) electrons. The lowest BCUT2D eigenvalue weighted by Gasteiger charge is -2.37. The van der Waals surface area contributed by atoms with Crippen LogP contribution in [0.1, 0.15) is 49.1 Å². The van der Waals surface area contributed by atoms with Gasteiger partial charge < -0.3 is 10.2 Å². The minimum absolute atomic E-state index is 0.103. The van der Waals surface area contributed by atoms with E-state index in [9.17, 15) is 4.79 Å². The van der Waals surface area contributed by atoms with Crippen molar-refractivity contribution in [1.29, 1.82) is 0 Å². The molecule has 2 aliphatic rings. The molecule has 0 spiro atoms. The van der Waals surface area contributed by atoms with Gasteiger partial charge in [0.15, 0.2) is 0 Å². The van der Waals surface area contributed by atoms with Gasteiger partial charge >= 0.3 is 0 Å². The van der Waals surface area contributed by atoms with Crippen LogP contribution in [0.25, 0.3) is 5.69 Å². The van der Waals surface area contributed by atoms with Crippen LogP contribution in [0, 0.1) is 0 Å². The molecule has 2 fully saturated rings. The number of nitrogens with zero attached hydrogens (tertiary/aromatic N) is 4. The summed E-state index contributed by atoms with van der Waals surface area (Å²) in [4.78, 5) is 19.5. The van der Waals surface area contributed by atoms with Gasteiger partial charge in [-0.05, 0) is 38.8 Å². The first-order valence-corrected chi connectivity index (χ1v) is 9.20. The van der Waals surface area contributed by atoms with E-state index < -0.39 is 0 Å². The molecular weight excluding hydrogens is 338 g/mol. The maximum atomic E-state index is 13.0. The van der Waals surface area contributed by atoms with Gasteiger partial charge in [-0.15, -0.1) is 5.10 Å². The van der Waals surface area contributed by atoms with Crippen molar-refractivity contribution in [2.75, 3.05) is 13.1 Å². The molecule has 2 unspecified atom stereocenters. The molecule has 1 saturated carbocycles. The minimum atomic E-state index is -0.103. The fourth-order valence-electron chi connectivity index (χ4n) is 3.29. The van der Waals surface area contributed by atoms with E-state index in [2.05, 4.69) is 29.2 Å². The number of nitrogens with one attached hydrogen (secondary N) is 1. The Bertz CT molecular complexity index is 801. The maximum absolute atomic E-state index is 13.0. The van der Waals surface area contributed by atoms with Gasteiger partial charge in [0, 0.05) is 31.1 Å². The van der Waals surface area contributed by atoms with Crippen LogP contribution in [0.4, 0.5) is 0 Å². The Labute approximate surface area is 152 Å². The Morgan fingerprint density at radius 3 is 2.76 bits per heavy atom. The molecule has 2 aromatic rings. The van der Waals surface area contributed by atoms with E-state index in [1.54, 1.807) is 4.68 Å². The van der Waals surface area contributed by atoms with Gasteiger partial charge in [-0.2, -0.15) is 0 Å². The van der Waals surface area contributed by atoms with Crippen molar-refractivity contribution in [2.45, 2.75) is 44.7 Å². The Hall–Kier alpha value is -1.92. The highest BCUT2D eigenvalue weighted by Crippen LogP contribution is 2.40. The van der Waals surface area contributed by atoms with Crippen LogP contribution in [0.2, 0.25) is 5.02 Å². The Kier molecular flexibility index (Phi) is 4.25. The standard InChI is InChI=1S/C18H22ClN5O/c1-11-12(2)23(10-9-20-11)18(25)16-21-17(13-7-8-13)24(22-16)15-6-4-3-5-14(15)19/h3-6,11-13,20H,7-10H2,1-2H3. The molecule has 1 saturated heterocycles. The number of halogens is 1. The predicted molar refractivity (Wildman–Crippen MR) is 96.3 cm³/mol. The second kappa shape index (κ2) is 6.42. The zero-order valence-corrected chi connectivity index (χ0v) is 15.2. The Balaban J connectivity index is 1.70. The summed E-state index contributed by atoms with van der Waals surface area (Å²) in [5.41, 5.74) is 0.777. The summed E-state index contributed by atoms with van der Waals surface area (Å²) < 4.78 is 1.75. The molecule has 7 heteroatoms. The molecule has 4 rings (SSSR count).